The molecule has 3 nitrogen and oxygen atoms in total. The number of ether oxygens (including phenoxy) is 3. The summed E-state index contributed by atoms with van der Waals surface area (Å²) in [5, 5.41) is 0.750. The lowest BCUT2D eigenvalue weighted by Crippen LogP contribution is -1.97. The number of rotatable bonds is 7. The summed E-state index contributed by atoms with van der Waals surface area (Å²) in [6, 6.07) is 11.7. The highest BCUT2D eigenvalue weighted by atomic mass is 35.5. The van der Waals surface area contributed by atoms with Crippen molar-refractivity contribution in [3.8, 4) is 17.2 Å². The normalized spacial score (nSPS) is 10.8. The standard InChI is InChI=1S/C19H21ClO3/c1-21-17-12-15(13-18(22-2)19(17)23-3)7-5-4-6-14-8-10-16(20)11-9-14/h4,6,8-13H,5,7H2,1-3H3/b6-4+. The van der Waals surface area contributed by atoms with Crippen LogP contribution in [0.3, 0.4) is 0 Å². The molecule has 0 aliphatic rings. The lowest BCUT2D eigenvalue weighted by Gasteiger charge is -2.13. The zero-order valence-electron chi connectivity index (χ0n) is 13.6. The summed E-state index contributed by atoms with van der Waals surface area (Å²) >= 11 is 5.88. The Kier molecular flexibility index (Phi) is 6.36. The third kappa shape index (κ3) is 4.67. The van der Waals surface area contributed by atoms with Crippen LogP contribution in [0, 0.1) is 0 Å². The van der Waals surface area contributed by atoms with Crippen LogP contribution in [0.4, 0.5) is 0 Å². The molecule has 0 radical (unpaired) electrons. The highest BCUT2D eigenvalue weighted by Gasteiger charge is 2.12. The number of hydrogen-bond donors (Lipinski definition) is 0. The fraction of sp³-hybridized carbons (Fsp3) is 0.263. The topological polar surface area (TPSA) is 27.7 Å². The van der Waals surface area contributed by atoms with Crippen LogP contribution in [0.15, 0.2) is 42.5 Å². The smallest absolute Gasteiger partial charge is 0.203 e. The van der Waals surface area contributed by atoms with E-state index in [1.54, 1.807) is 21.3 Å². The first-order valence-corrected chi connectivity index (χ1v) is 7.76. The zero-order valence-corrected chi connectivity index (χ0v) is 14.4. The van der Waals surface area contributed by atoms with E-state index in [4.69, 9.17) is 25.8 Å². The fourth-order valence-electron chi connectivity index (χ4n) is 2.32. The summed E-state index contributed by atoms with van der Waals surface area (Å²) in [6.07, 6.45) is 6.04. The van der Waals surface area contributed by atoms with Gasteiger partial charge in [-0.25, -0.2) is 0 Å². The van der Waals surface area contributed by atoms with Crippen molar-refractivity contribution in [1.82, 2.24) is 0 Å². The van der Waals surface area contributed by atoms with Crippen molar-refractivity contribution in [3.05, 3.63) is 58.6 Å². The van der Waals surface area contributed by atoms with Gasteiger partial charge in [0.25, 0.3) is 0 Å². The highest BCUT2D eigenvalue weighted by molar-refractivity contribution is 6.30. The summed E-state index contributed by atoms with van der Waals surface area (Å²) < 4.78 is 16.1. The van der Waals surface area contributed by atoms with Gasteiger partial charge in [-0.05, 0) is 48.2 Å². The third-order valence-corrected chi connectivity index (χ3v) is 3.76. The molecule has 2 aromatic rings. The van der Waals surface area contributed by atoms with Gasteiger partial charge < -0.3 is 14.2 Å². The van der Waals surface area contributed by atoms with Crippen LogP contribution in [0.5, 0.6) is 17.2 Å². The van der Waals surface area contributed by atoms with Gasteiger partial charge in [-0.1, -0.05) is 35.9 Å². The Labute approximate surface area is 142 Å². The maximum Gasteiger partial charge on any atom is 0.203 e. The van der Waals surface area contributed by atoms with Crippen LogP contribution in [0.1, 0.15) is 17.5 Å². The first-order chi connectivity index (χ1) is 11.2. The van der Waals surface area contributed by atoms with Crippen molar-refractivity contribution in [2.24, 2.45) is 0 Å². The number of allylic oxidation sites excluding steroid dienone is 1. The Morgan fingerprint density at radius 1 is 0.913 bits per heavy atom. The predicted molar refractivity (Wildman–Crippen MR) is 94.9 cm³/mol. The molecule has 2 aromatic carbocycles. The minimum atomic E-state index is 0.621. The Morgan fingerprint density at radius 2 is 1.52 bits per heavy atom. The second-order valence-corrected chi connectivity index (χ2v) is 5.46. The number of aryl methyl sites for hydroxylation is 1. The Morgan fingerprint density at radius 3 is 2.04 bits per heavy atom. The van der Waals surface area contributed by atoms with Gasteiger partial charge in [0, 0.05) is 5.02 Å². The molecule has 4 heteroatoms. The van der Waals surface area contributed by atoms with E-state index in [0.29, 0.717) is 17.2 Å². The fourth-order valence-corrected chi connectivity index (χ4v) is 2.45. The minimum Gasteiger partial charge on any atom is -0.493 e. The van der Waals surface area contributed by atoms with Crippen molar-refractivity contribution in [1.29, 1.82) is 0 Å². The van der Waals surface area contributed by atoms with Gasteiger partial charge in [0.15, 0.2) is 11.5 Å². The van der Waals surface area contributed by atoms with Gasteiger partial charge >= 0.3 is 0 Å². The SMILES string of the molecule is COc1cc(CC/C=C/c2ccc(Cl)cc2)cc(OC)c1OC. The van der Waals surface area contributed by atoms with Crippen LogP contribution in [-0.2, 0) is 6.42 Å². The Bertz CT molecular complexity index is 638. The first kappa shape index (κ1) is 17.2. The number of halogens is 1. The lowest BCUT2D eigenvalue weighted by atomic mass is 10.1. The molecule has 0 saturated heterocycles. The average molecular weight is 333 g/mol. The monoisotopic (exact) mass is 332 g/mol. The molecule has 0 aliphatic carbocycles. The van der Waals surface area contributed by atoms with Gasteiger partial charge in [-0.2, -0.15) is 0 Å². The highest BCUT2D eigenvalue weighted by Crippen LogP contribution is 2.38. The maximum atomic E-state index is 5.88. The summed E-state index contributed by atoms with van der Waals surface area (Å²) in [5.74, 6) is 1.99. The number of benzene rings is 2. The lowest BCUT2D eigenvalue weighted by molar-refractivity contribution is 0.324. The molecule has 0 N–H and O–H groups in total. The molecule has 0 atom stereocenters. The zero-order chi connectivity index (χ0) is 16.7. The summed E-state index contributed by atoms with van der Waals surface area (Å²) in [6.45, 7) is 0. The Balaban J connectivity index is 2.04. The molecule has 0 amide bonds. The van der Waals surface area contributed by atoms with Crippen molar-refractivity contribution >= 4 is 17.7 Å². The summed E-state index contributed by atoms with van der Waals surface area (Å²) in [5.41, 5.74) is 2.28. The third-order valence-electron chi connectivity index (χ3n) is 3.50. The molecule has 0 bridgehead atoms. The van der Waals surface area contributed by atoms with Gasteiger partial charge in [0.1, 0.15) is 0 Å². The van der Waals surface area contributed by atoms with Crippen LogP contribution in [-0.4, -0.2) is 21.3 Å². The number of hydrogen-bond acceptors (Lipinski definition) is 3. The van der Waals surface area contributed by atoms with Crippen LogP contribution in [0.25, 0.3) is 6.08 Å². The van der Waals surface area contributed by atoms with E-state index in [2.05, 4.69) is 12.2 Å². The molecule has 2 rings (SSSR count). The largest absolute Gasteiger partial charge is 0.493 e. The average Bonchev–Trinajstić information content (AvgIpc) is 2.59. The van der Waals surface area contributed by atoms with Crippen LogP contribution >= 0.6 is 11.6 Å². The van der Waals surface area contributed by atoms with Gasteiger partial charge in [-0.15, -0.1) is 0 Å². The molecule has 23 heavy (non-hydrogen) atoms. The first-order valence-electron chi connectivity index (χ1n) is 7.39. The van der Waals surface area contributed by atoms with E-state index < -0.39 is 0 Å². The minimum absolute atomic E-state index is 0.621. The van der Waals surface area contributed by atoms with E-state index in [9.17, 15) is 0 Å². The molecule has 0 fully saturated rings. The molecule has 0 spiro atoms. The van der Waals surface area contributed by atoms with E-state index in [1.165, 1.54) is 0 Å². The second-order valence-electron chi connectivity index (χ2n) is 5.03. The van der Waals surface area contributed by atoms with E-state index in [1.807, 2.05) is 36.4 Å². The molecule has 122 valence electrons. The molecule has 0 unspecified atom stereocenters. The molecule has 0 heterocycles. The van der Waals surface area contributed by atoms with Crippen molar-refractivity contribution < 1.29 is 14.2 Å². The summed E-state index contributed by atoms with van der Waals surface area (Å²) in [7, 11) is 4.86. The van der Waals surface area contributed by atoms with E-state index >= 15 is 0 Å². The van der Waals surface area contributed by atoms with Crippen molar-refractivity contribution in [2.45, 2.75) is 12.8 Å². The quantitative estimate of drug-likeness (QED) is 0.713. The van der Waals surface area contributed by atoms with Crippen molar-refractivity contribution in [2.75, 3.05) is 21.3 Å². The van der Waals surface area contributed by atoms with E-state index in [0.717, 1.165) is 29.0 Å². The predicted octanol–water partition coefficient (Wildman–Crippen LogP) is 5.01. The molecular formula is C19H21ClO3. The maximum absolute atomic E-state index is 5.88. The molecule has 0 aromatic heterocycles. The molecule has 0 aliphatic heterocycles. The van der Waals surface area contributed by atoms with Gasteiger partial charge in [0.05, 0.1) is 21.3 Å². The second kappa shape index (κ2) is 8.49. The number of methoxy groups -OCH3 is 3. The van der Waals surface area contributed by atoms with Crippen molar-refractivity contribution in [3.63, 3.8) is 0 Å². The van der Waals surface area contributed by atoms with Crippen LogP contribution in [0.2, 0.25) is 5.02 Å². The van der Waals surface area contributed by atoms with Crippen LogP contribution < -0.4 is 14.2 Å². The summed E-state index contributed by atoms with van der Waals surface area (Å²) in [4.78, 5) is 0. The van der Waals surface area contributed by atoms with Gasteiger partial charge in [0.2, 0.25) is 5.75 Å². The Hall–Kier alpha value is -2.13. The molecule has 0 saturated carbocycles. The van der Waals surface area contributed by atoms with E-state index in [-0.39, 0.29) is 0 Å². The van der Waals surface area contributed by atoms with Gasteiger partial charge in [-0.3, -0.25) is 0 Å². The molecular weight excluding hydrogens is 312 g/mol.